The number of piperidine rings is 1. The Kier molecular flexibility index (Phi) is 3.79. The third-order valence-corrected chi connectivity index (χ3v) is 4.86. The van der Waals surface area contributed by atoms with Crippen molar-refractivity contribution < 1.29 is 24.2 Å². The predicted molar refractivity (Wildman–Crippen MR) is 81.7 cm³/mol. The number of aryl methyl sites for hydroxylation is 1. The van der Waals surface area contributed by atoms with Gasteiger partial charge in [-0.3, -0.25) is 19.5 Å². The molecule has 3 atom stereocenters. The summed E-state index contributed by atoms with van der Waals surface area (Å²) >= 11 is 0. The maximum atomic E-state index is 12.8. The number of aliphatic hydroxyl groups is 1. The van der Waals surface area contributed by atoms with E-state index < -0.39 is 29.4 Å². The molecule has 2 aliphatic heterocycles. The highest BCUT2D eigenvalue weighted by molar-refractivity contribution is 6.02. The van der Waals surface area contributed by atoms with Crippen molar-refractivity contribution in [3.8, 4) is 5.75 Å². The lowest BCUT2D eigenvalue weighted by atomic mass is 9.72. The van der Waals surface area contributed by atoms with E-state index in [2.05, 4.69) is 4.98 Å². The molecular formula is C16H19N3O5. The molecule has 1 fully saturated rings. The van der Waals surface area contributed by atoms with E-state index in [0.29, 0.717) is 35.3 Å². The normalized spacial score (nSPS) is 28.1. The minimum Gasteiger partial charge on any atom is -0.466 e. The van der Waals surface area contributed by atoms with Gasteiger partial charge in [0.05, 0.1) is 18.8 Å². The summed E-state index contributed by atoms with van der Waals surface area (Å²) in [7, 11) is 0. The largest absolute Gasteiger partial charge is 0.466 e. The van der Waals surface area contributed by atoms with Crippen LogP contribution in [0, 0.1) is 12.8 Å². The lowest BCUT2D eigenvalue weighted by Crippen LogP contribution is -2.65. The van der Waals surface area contributed by atoms with Crippen LogP contribution in [0.2, 0.25) is 0 Å². The number of aldehydes is 1. The monoisotopic (exact) mass is 333 g/mol. The van der Waals surface area contributed by atoms with E-state index in [1.54, 1.807) is 13.8 Å². The number of amides is 2. The Balaban J connectivity index is 2.24. The fourth-order valence-electron chi connectivity index (χ4n) is 3.78. The molecule has 1 aromatic rings. The number of rotatable bonds is 4. The molecule has 3 rings (SSSR count). The van der Waals surface area contributed by atoms with Gasteiger partial charge < -0.3 is 20.4 Å². The second-order valence-electron chi connectivity index (χ2n) is 6.35. The van der Waals surface area contributed by atoms with Crippen LogP contribution in [0.1, 0.15) is 36.1 Å². The molecule has 8 nitrogen and oxygen atoms in total. The summed E-state index contributed by atoms with van der Waals surface area (Å²) in [5.41, 5.74) is 6.11. The number of hydrogen-bond donors (Lipinski definition) is 2. The number of pyridine rings is 1. The van der Waals surface area contributed by atoms with Gasteiger partial charge in [0.15, 0.2) is 5.72 Å². The van der Waals surface area contributed by atoms with Gasteiger partial charge in [-0.1, -0.05) is 0 Å². The van der Waals surface area contributed by atoms with E-state index in [9.17, 15) is 19.5 Å². The molecule has 2 amide bonds. The van der Waals surface area contributed by atoms with Crippen LogP contribution in [0.3, 0.4) is 0 Å². The lowest BCUT2D eigenvalue weighted by molar-refractivity contribution is -0.176. The summed E-state index contributed by atoms with van der Waals surface area (Å²) in [5, 5.41) is 9.62. The lowest BCUT2D eigenvalue weighted by Gasteiger charge is -2.52. The topological polar surface area (TPSA) is 123 Å². The van der Waals surface area contributed by atoms with Crippen LogP contribution in [-0.4, -0.2) is 45.4 Å². The minimum atomic E-state index is -1.10. The zero-order valence-electron chi connectivity index (χ0n) is 13.5. The molecule has 3 N–H and O–H groups in total. The fraction of sp³-hybridized carbons (Fsp3) is 0.500. The highest BCUT2D eigenvalue weighted by atomic mass is 16.5. The van der Waals surface area contributed by atoms with Gasteiger partial charge in [0, 0.05) is 29.7 Å². The van der Waals surface area contributed by atoms with Gasteiger partial charge in [0.25, 0.3) is 0 Å². The van der Waals surface area contributed by atoms with Crippen LogP contribution in [0.5, 0.6) is 5.75 Å². The summed E-state index contributed by atoms with van der Waals surface area (Å²) in [6, 6.07) is 0. The third-order valence-electron chi connectivity index (χ3n) is 4.86. The quantitative estimate of drug-likeness (QED) is 0.571. The summed E-state index contributed by atoms with van der Waals surface area (Å²) < 4.78 is 6.05. The first-order chi connectivity index (χ1) is 11.3. The fourth-order valence-corrected chi connectivity index (χ4v) is 3.78. The van der Waals surface area contributed by atoms with E-state index in [1.165, 1.54) is 11.1 Å². The van der Waals surface area contributed by atoms with Crippen LogP contribution in [-0.2, 0) is 21.0 Å². The van der Waals surface area contributed by atoms with E-state index in [1.807, 2.05) is 0 Å². The Morgan fingerprint density at radius 2 is 2.33 bits per heavy atom. The average molecular weight is 333 g/mol. The number of carbonyl (C=O) groups is 3. The second kappa shape index (κ2) is 5.55. The SMILES string of the molecule is Cc1ncc(CO)c2c1O[C@@]1(C)C[C@@H]2[C@H](C(N)=O)C(=O)N1CC=O. The number of hydrogen-bond acceptors (Lipinski definition) is 6. The number of ether oxygens (including phenoxy) is 1. The smallest absolute Gasteiger partial charge is 0.239 e. The van der Waals surface area contributed by atoms with Crippen LogP contribution in [0.15, 0.2) is 6.20 Å². The molecule has 0 unspecified atom stereocenters. The van der Waals surface area contributed by atoms with Crippen molar-refractivity contribution in [1.82, 2.24) is 9.88 Å². The number of aromatic nitrogens is 1. The standard InChI is InChI=1S/C16H19N3O5/c1-8-13-11(9(7-21)6-18-8)10-5-16(2,24-13)19(3-4-20)15(23)12(10)14(17)22/h4,6,10,12,21H,3,5,7H2,1-2H3,(H2,17,22)/t10-,12+,16-/m0/s1. The van der Waals surface area contributed by atoms with Crippen molar-refractivity contribution in [2.45, 2.75) is 38.5 Å². The maximum absolute atomic E-state index is 12.8. The van der Waals surface area contributed by atoms with Gasteiger partial charge in [0.2, 0.25) is 11.8 Å². The number of fused-ring (bicyclic) bond motifs is 4. The van der Waals surface area contributed by atoms with Gasteiger partial charge in [0.1, 0.15) is 18.0 Å². The maximum Gasteiger partial charge on any atom is 0.239 e. The van der Waals surface area contributed by atoms with Gasteiger partial charge in [-0.2, -0.15) is 0 Å². The summed E-state index contributed by atoms with van der Waals surface area (Å²) in [4.78, 5) is 41.2. The summed E-state index contributed by atoms with van der Waals surface area (Å²) in [6.07, 6.45) is 2.42. The van der Waals surface area contributed by atoms with E-state index in [4.69, 9.17) is 10.5 Å². The molecule has 0 saturated carbocycles. The number of nitrogens with zero attached hydrogens (tertiary/aromatic N) is 2. The van der Waals surface area contributed by atoms with Crippen LogP contribution in [0.25, 0.3) is 0 Å². The first kappa shape index (κ1) is 16.4. The van der Waals surface area contributed by atoms with Gasteiger partial charge in [-0.15, -0.1) is 0 Å². The summed E-state index contributed by atoms with van der Waals surface area (Å²) in [5.74, 6) is -2.47. The molecule has 2 bridgehead atoms. The number of primary amides is 1. The number of likely N-dealkylation sites (tertiary alicyclic amines) is 1. The molecule has 3 heterocycles. The Hall–Kier alpha value is -2.48. The number of carbonyl (C=O) groups excluding carboxylic acids is 3. The van der Waals surface area contributed by atoms with Crippen LogP contribution >= 0.6 is 0 Å². The van der Waals surface area contributed by atoms with Crippen molar-refractivity contribution in [3.05, 3.63) is 23.0 Å². The number of nitrogens with two attached hydrogens (primary N) is 1. The third kappa shape index (κ3) is 2.17. The van der Waals surface area contributed by atoms with Crippen molar-refractivity contribution in [2.24, 2.45) is 11.7 Å². The van der Waals surface area contributed by atoms with Crippen molar-refractivity contribution >= 4 is 18.1 Å². The second-order valence-corrected chi connectivity index (χ2v) is 6.35. The summed E-state index contributed by atoms with van der Waals surface area (Å²) in [6.45, 7) is 2.97. The van der Waals surface area contributed by atoms with Crippen molar-refractivity contribution in [1.29, 1.82) is 0 Å². The highest BCUT2D eigenvalue weighted by Crippen LogP contribution is 2.51. The van der Waals surface area contributed by atoms with E-state index in [0.717, 1.165) is 0 Å². The molecule has 2 aliphatic rings. The van der Waals surface area contributed by atoms with E-state index in [-0.39, 0.29) is 13.2 Å². The molecule has 1 aromatic heterocycles. The Morgan fingerprint density at radius 3 is 2.92 bits per heavy atom. The molecule has 1 saturated heterocycles. The van der Waals surface area contributed by atoms with Gasteiger partial charge in [-0.05, 0) is 13.8 Å². The molecule has 0 radical (unpaired) electrons. The van der Waals surface area contributed by atoms with Gasteiger partial charge in [-0.25, -0.2) is 0 Å². The molecule has 8 heteroatoms. The predicted octanol–water partition coefficient (Wildman–Crippen LogP) is -0.393. The Bertz CT molecular complexity index is 735. The van der Waals surface area contributed by atoms with Crippen LogP contribution < -0.4 is 10.5 Å². The molecule has 128 valence electrons. The zero-order chi connectivity index (χ0) is 17.6. The van der Waals surface area contributed by atoms with Crippen LogP contribution in [0.4, 0.5) is 0 Å². The molecule has 0 spiro atoms. The van der Waals surface area contributed by atoms with Crippen molar-refractivity contribution in [2.75, 3.05) is 6.54 Å². The molecular weight excluding hydrogens is 314 g/mol. The average Bonchev–Trinajstić information content (AvgIpc) is 2.52. The molecule has 0 aliphatic carbocycles. The first-order valence-corrected chi connectivity index (χ1v) is 7.66. The highest BCUT2D eigenvalue weighted by Gasteiger charge is 2.56. The zero-order valence-corrected chi connectivity index (χ0v) is 13.5. The first-order valence-electron chi connectivity index (χ1n) is 7.66. The van der Waals surface area contributed by atoms with E-state index >= 15 is 0 Å². The number of aliphatic hydroxyl groups excluding tert-OH is 1. The van der Waals surface area contributed by atoms with Crippen molar-refractivity contribution in [3.63, 3.8) is 0 Å². The molecule has 24 heavy (non-hydrogen) atoms. The molecule has 0 aromatic carbocycles. The Morgan fingerprint density at radius 1 is 1.62 bits per heavy atom. The Labute approximate surface area is 138 Å². The minimum absolute atomic E-state index is 0.187. The van der Waals surface area contributed by atoms with Gasteiger partial charge >= 0.3 is 0 Å².